The zero-order valence-electron chi connectivity index (χ0n) is 18.2. The van der Waals surface area contributed by atoms with E-state index in [0.717, 1.165) is 32.2 Å². The maximum absolute atomic E-state index is 14.3. The molecule has 0 aromatic heterocycles. The van der Waals surface area contributed by atoms with Crippen molar-refractivity contribution in [2.75, 3.05) is 19.5 Å². The fourth-order valence-electron chi connectivity index (χ4n) is 3.75. The molecule has 1 fully saturated rings. The number of rotatable bonds is 6. The molecule has 0 radical (unpaired) electrons. The summed E-state index contributed by atoms with van der Waals surface area (Å²) in [6, 6.07) is 7.04. The smallest absolute Gasteiger partial charge is 0.403 e. The third-order valence-corrected chi connectivity index (χ3v) is 8.71. The maximum Gasteiger partial charge on any atom is 0.403 e. The molecule has 1 aliphatic rings. The number of hydrogen-bond donors (Lipinski definition) is 2. The Balaban J connectivity index is 2.02. The van der Waals surface area contributed by atoms with E-state index in [1.807, 2.05) is 0 Å². The first-order valence-corrected chi connectivity index (χ1v) is 12.2. The first-order valence-electron chi connectivity index (χ1n) is 9.85. The maximum atomic E-state index is 14.3. The number of methoxy groups -OCH3 is 1. The minimum atomic E-state index is -4.70. The lowest BCUT2D eigenvalue weighted by Crippen LogP contribution is -2.37. The molecule has 1 amide bonds. The molecule has 0 spiro atoms. The third-order valence-electron chi connectivity index (χ3n) is 5.58. The van der Waals surface area contributed by atoms with E-state index >= 15 is 0 Å². The summed E-state index contributed by atoms with van der Waals surface area (Å²) in [5.74, 6) is -5.21. The number of sulfonamides is 1. The molecule has 0 aliphatic carbocycles. The van der Waals surface area contributed by atoms with E-state index in [4.69, 9.17) is 4.74 Å². The Morgan fingerprint density at radius 3 is 2.47 bits per heavy atom. The molecule has 34 heavy (non-hydrogen) atoms. The summed E-state index contributed by atoms with van der Waals surface area (Å²) < 4.78 is 98.3. The number of halogens is 5. The largest absolute Gasteiger partial charge is 0.493 e. The highest BCUT2D eigenvalue weighted by Gasteiger charge is 2.60. The van der Waals surface area contributed by atoms with E-state index in [2.05, 4.69) is 10.0 Å². The number of nitrogens with one attached hydrogen (secondary N) is 2. The molecular formula is C21H21F5N2O4S2. The number of hydrogen-bond acceptors (Lipinski definition) is 5. The van der Waals surface area contributed by atoms with Crippen molar-refractivity contribution in [3.63, 3.8) is 0 Å². The van der Waals surface area contributed by atoms with Crippen LogP contribution < -0.4 is 14.8 Å². The van der Waals surface area contributed by atoms with Crippen LogP contribution in [0.1, 0.15) is 24.8 Å². The van der Waals surface area contributed by atoms with Crippen LogP contribution in [0.25, 0.3) is 0 Å². The quantitative estimate of drug-likeness (QED) is 0.547. The van der Waals surface area contributed by atoms with Gasteiger partial charge in [-0.3, -0.25) is 4.79 Å². The second-order valence-corrected chi connectivity index (χ2v) is 11.3. The Morgan fingerprint density at radius 1 is 1.21 bits per heavy atom. The Bertz CT molecular complexity index is 1210. The lowest BCUT2D eigenvalue weighted by molar-refractivity contribution is -0.155. The fraction of sp³-hybridized carbons (Fsp3) is 0.381. The molecule has 186 valence electrons. The van der Waals surface area contributed by atoms with Crippen LogP contribution in [0.5, 0.6) is 5.75 Å². The zero-order valence-corrected chi connectivity index (χ0v) is 19.8. The van der Waals surface area contributed by atoms with Gasteiger partial charge < -0.3 is 10.1 Å². The van der Waals surface area contributed by atoms with E-state index in [0.29, 0.717) is 11.8 Å². The Morgan fingerprint density at radius 2 is 1.88 bits per heavy atom. The van der Waals surface area contributed by atoms with Gasteiger partial charge in [0.1, 0.15) is 4.75 Å². The van der Waals surface area contributed by atoms with Crippen molar-refractivity contribution in [2.24, 2.45) is 0 Å². The molecule has 6 nitrogen and oxygen atoms in total. The number of carbonyl (C=O) groups excluding carboxylic acids is 1. The first-order chi connectivity index (χ1) is 15.7. The van der Waals surface area contributed by atoms with Crippen molar-refractivity contribution in [1.29, 1.82) is 0 Å². The van der Waals surface area contributed by atoms with E-state index in [9.17, 15) is 35.2 Å². The average Bonchev–Trinajstić information content (AvgIpc) is 3.14. The average molecular weight is 525 g/mol. The van der Waals surface area contributed by atoms with Gasteiger partial charge in [-0.15, -0.1) is 11.8 Å². The normalized spacial score (nSPS) is 23.1. The van der Waals surface area contributed by atoms with E-state index in [-0.39, 0.29) is 16.1 Å². The van der Waals surface area contributed by atoms with Crippen LogP contribution >= 0.6 is 11.8 Å². The molecule has 13 heteroatoms. The molecule has 3 rings (SSSR count). The Hall–Kier alpha value is -2.38. The lowest BCUT2D eigenvalue weighted by Gasteiger charge is -2.26. The standard InChI is InChI=1S/C21H21F5N2O4S2/c1-20(21(24,25)26)10-14(13-7-8-15(22)16(23)17(13)32-3)18(33-20)19(29)28-11-5-4-6-12(9-11)34(30,31)27-2/h4-9,14,18,27H,10H2,1-3H3,(H,28,29)/t14-,18+,20+/m0/s1. The predicted octanol–water partition coefficient (Wildman–Crippen LogP) is 4.43. The number of carbonyl (C=O) groups is 1. The van der Waals surface area contributed by atoms with Gasteiger partial charge in [-0.2, -0.15) is 17.6 Å². The Kier molecular flexibility index (Phi) is 7.21. The Labute approximate surface area is 197 Å². The highest BCUT2D eigenvalue weighted by atomic mass is 32.2. The van der Waals surface area contributed by atoms with Gasteiger partial charge in [0.25, 0.3) is 0 Å². The predicted molar refractivity (Wildman–Crippen MR) is 117 cm³/mol. The van der Waals surface area contributed by atoms with Crippen molar-refractivity contribution in [3.8, 4) is 5.75 Å². The van der Waals surface area contributed by atoms with Crippen LogP contribution in [0.15, 0.2) is 41.3 Å². The van der Waals surface area contributed by atoms with Crippen molar-refractivity contribution >= 4 is 33.4 Å². The number of thioether (sulfide) groups is 1. The van der Waals surface area contributed by atoms with Crippen molar-refractivity contribution < 1.29 is 39.9 Å². The van der Waals surface area contributed by atoms with E-state index in [1.54, 1.807) is 0 Å². The third kappa shape index (κ3) is 4.86. The monoisotopic (exact) mass is 524 g/mol. The molecule has 1 saturated heterocycles. The van der Waals surface area contributed by atoms with Crippen molar-refractivity contribution in [2.45, 2.75) is 40.3 Å². The fourth-order valence-corrected chi connectivity index (χ4v) is 6.07. The van der Waals surface area contributed by atoms with Gasteiger partial charge in [0.05, 0.1) is 17.3 Å². The molecule has 2 N–H and O–H groups in total. The highest BCUT2D eigenvalue weighted by molar-refractivity contribution is 8.02. The topological polar surface area (TPSA) is 84.5 Å². The zero-order chi connectivity index (χ0) is 25.5. The second-order valence-electron chi connectivity index (χ2n) is 7.79. The molecule has 0 saturated carbocycles. The van der Waals surface area contributed by atoms with Gasteiger partial charge in [-0.25, -0.2) is 17.5 Å². The van der Waals surface area contributed by atoms with Crippen LogP contribution in [0.2, 0.25) is 0 Å². The molecular weight excluding hydrogens is 503 g/mol. The van der Waals surface area contributed by atoms with E-state index in [1.165, 1.54) is 25.2 Å². The number of benzene rings is 2. The highest BCUT2D eigenvalue weighted by Crippen LogP contribution is 2.59. The van der Waals surface area contributed by atoms with Crippen LogP contribution in [-0.2, 0) is 14.8 Å². The summed E-state index contributed by atoms with van der Waals surface area (Å²) in [6.07, 6.45) is -5.29. The van der Waals surface area contributed by atoms with Gasteiger partial charge >= 0.3 is 6.18 Å². The number of amides is 1. The summed E-state index contributed by atoms with van der Waals surface area (Å²) in [5, 5.41) is 1.08. The molecule has 3 atom stereocenters. The van der Waals surface area contributed by atoms with E-state index < -0.39 is 61.8 Å². The molecule has 0 unspecified atom stereocenters. The van der Waals surface area contributed by atoms with Gasteiger partial charge in [-0.05, 0) is 44.7 Å². The van der Waals surface area contributed by atoms with Gasteiger partial charge in [0.15, 0.2) is 11.6 Å². The molecule has 0 bridgehead atoms. The summed E-state index contributed by atoms with van der Waals surface area (Å²) in [5.41, 5.74) is -0.0351. The molecule has 1 aliphatic heterocycles. The second kappa shape index (κ2) is 9.34. The molecule has 1 heterocycles. The van der Waals surface area contributed by atoms with Gasteiger partial charge in [0.2, 0.25) is 21.7 Å². The first kappa shape index (κ1) is 26.2. The number of alkyl halides is 3. The van der Waals surface area contributed by atoms with Crippen LogP contribution in [0.4, 0.5) is 27.6 Å². The summed E-state index contributed by atoms with van der Waals surface area (Å²) in [6.45, 7) is 0.935. The molecule has 2 aromatic carbocycles. The number of ether oxygens (including phenoxy) is 1. The van der Waals surface area contributed by atoms with Crippen LogP contribution in [0.3, 0.4) is 0 Å². The summed E-state index contributed by atoms with van der Waals surface area (Å²) >= 11 is 0.354. The van der Waals surface area contributed by atoms with Crippen LogP contribution in [0, 0.1) is 11.6 Å². The number of anilines is 1. The summed E-state index contributed by atoms with van der Waals surface area (Å²) in [7, 11) is -1.58. The van der Waals surface area contributed by atoms with Gasteiger partial charge in [0, 0.05) is 17.2 Å². The molecule has 2 aromatic rings. The van der Waals surface area contributed by atoms with Crippen molar-refractivity contribution in [1.82, 2.24) is 4.72 Å². The minimum Gasteiger partial charge on any atom is -0.493 e. The SMILES string of the molecule is CNS(=O)(=O)c1cccc(NC(=O)[C@@H]2S[C@@](C)(C(F)(F)F)C[C@H]2c2ccc(F)c(F)c2OC)c1. The van der Waals surface area contributed by atoms with Crippen molar-refractivity contribution in [3.05, 3.63) is 53.6 Å². The van der Waals surface area contributed by atoms with Gasteiger partial charge in [-0.1, -0.05) is 12.1 Å². The summed E-state index contributed by atoms with van der Waals surface area (Å²) in [4.78, 5) is 13.0. The minimum absolute atomic E-state index is 0.0403. The lowest BCUT2D eigenvalue weighted by atomic mass is 9.85. The van der Waals surface area contributed by atoms with Crippen LogP contribution in [-0.4, -0.2) is 44.7 Å².